The summed E-state index contributed by atoms with van der Waals surface area (Å²) in [5.74, 6) is 1.88. The smallest absolute Gasteiger partial charge is 0.164 e. The summed E-state index contributed by atoms with van der Waals surface area (Å²) in [5.41, 5.74) is 16.5. The lowest BCUT2D eigenvalue weighted by Gasteiger charge is -2.13. The number of rotatable bonds is 8. The van der Waals surface area contributed by atoms with Crippen molar-refractivity contribution in [2.75, 3.05) is 0 Å². The number of para-hydroxylation sites is 3. The fourth-order valence-corrected chi connectivity index (χ4v) is 9.92. The van der Waals surface area contributed by atoms with Gasteiger partial charge in [0.15, 0.2) is 17.5 Å². The lowest BCUT2D eigenvalue weighted by molar-refractivity contribution is 1.07. The third-order valence-corrected chi connectivity index (χ3v) is 13.1. The molecule has 0 saturated heterocycles. The van der Waals surface area contributed by atoms with Crippen LogP contribution in [0, 0.1) is 0 Å². The number of aromatic nitrogens is 5. The Labute approximate surface area is 393 Å². The first-order chi connectivity index (χ1) is 33.7. The van der Waals surface area contributed by atoms with Crippen molar-refractivity contribution in [3.8, 4) is 78.9 Å². The molecule has 318 valence electrons. The average Bonchev–Trinajstić information content (AvgIpc) is 3.94. The van der Waals surface area contributed by atoms with Crippen molar-refractivity contribution < 1.29 is 0 Å². The Morgan fingerprint density at radius 3 is 1.26 bits per heavy atom. The lowest BCUT2D eigenvalue weighted by Crippen LogP contribution is -2.00. The molecule has 3 heterocycles. The van der Waals surface area contributed by atoms with Crippen molar-refractivity contribution in [1.29, 1.82) is 0 Å². The fourth-order valence-electron chi connectivity index (χ4n) is 9.92. The van der Waals surface area contributed by atoms with E-state index in [4.69, 9.17) is 15.0 Å². The van der Waals surface area contributed by atoms with E-state index >= 15 is 0 Å². The third-order valence-electron chi connectivity index (χ3n) is 13.1. The Balaban J connectivity index is 0.907. The second kappa shape index (κ2) is 16.4. The van der Waals surface area contributed by atoms with Gasteiger partial charge in [0.2, 0.25) is 0 Å². The molecule has 0 fully saturated rings. The van der Waals surface area contributed by atoms with E-state index in [9.17, 15) is 0 Å². The summed E-state index contributed by atoms with van der Waals surface area (Å²) in [6, 6.07) is 88.3. The van der Waals surface area contributed by atoms with Crippen LogP contribution in [-0.4, -0.2) is 24.1 Å². The van der Waals surface area contributed by atoms with Gasteiger partial charge in [-0.1, -0.05) is 182 Å². The van der Waals surface area contributed by atoms with E-state index in [1.54, 1.807) is 0 Å². The van der Waals surface area contributed by atoms with Gasteiger partial charge in [-0.2, -0.15) is 0 Å². The van der Waals surface area contributed by atoms with E-state index in [1.165, 1.54) is 43.7 Å². The Kier molecular flexibility index (Phi) is 9.43. The van der Waals surface area contributed by atoms with Gasteiger partial charge < -0.3 is 9.13 Å². The molecule has 10 aromatic carbocycles. The van der Waals surface area contributed by atoms with Crippen LogP contribution in [0.15, 0.2) is 249 Å². The summed E-state index contributed by atoms with van der Waals surface area (Å²) in [6.07, 6.45) is 0. The highest BCUT2D eigenvalue weighted by molar-refractivity contribution is 6.12. The molecule has 0 radical (unpaired) electrons. The predicted molar refractivity (Wildman–Crippen MR) is 281 cm³/mol. The third kappa shape index (κ3) is 6.84. The van der Waals surface area contributed by atoms with Gasteiger partial charge in [0, 0.05) is 49.6 Å². The molecule has 0 aliphatic carbocycles. The highest BCUT2D eigenvalue weighted by Crippen LogP contribution is 2.39. The SMILES string of the molecule is c1ccc(-c2cccc(-c3nc(-c4ccccc4)nc(-c4cccc(-c5cccc(-n6c7ccccc7c7ccc(-c8ccc9c(c8)c8ccccc8n9-c8ccccc8)cc76)c5)c4)n3)c2)cc1. The molecule has 0 saturated carbocycles. The molecule has 0 amide bonds. The molecule has 68 heavy (non-hydrogen) atoms. The zero-order chi connectivity index (χ0) is 45.0. The number of hydrogen-bond acceptors (Lipinski definition) is 3. The van der Waals surface area contributed by atoms with Crippen molar-refractivity contribution in [2.45, 2.75) is 0 Å². The molecule has 0 unspecified atom stereocenters. The van der Waals surface area contributed by atoms with Gasteiger partial charge in [-0.05, 0) is 100 Å². The molecule has 13 aromatic rings. The topological polar surface area (TPSA) is 48.5 Å². The van der Waals surface area contributed by atoms with Crippen molar-refractivity contribution in [1.82, 2.24) is 24.1 Å². The predicted octanol–water partition coefficient (Wildman–Crippen LogP) is 16.1. The van der Waals surface area contributed by atoms with Crippen LogP contribution in [0.3, 0.4) is 0 Å². The highest BCUT2D eigenvalue weighted by Gasteiger charge is 2.18. The highest BCUT2D eigenvalue weighted by atomic mass is 15.0. The van der Waals surface area contributed by atoms with Gasteiger partial charge in [-0.15, -0.1) is 0 Å². The first kappa shape index (κ1) is 39.2. The van der Waals surface area contributed by atoms with E-state index in [2.05, 4.69) is 221 Å². The van der Waals surface area contributed by atoms with Gasteiger partial charge in [-0.3, -0.25) is 0 Å². The van der Waals surface area contributed by atoms with E-state index in [1.807, 2.05) is 36.4 Å². The average molecular weight is 868 g/mol. The standard InChI is InChI=1S/C63H41N5/c1-4-17-42(18-5-1)44-21-14-24-49(37-44)62-64-61(43-19-6-2-7-20-43)65-63(66-62)50-25-15-22-45(38-50)46-23-16-28-52(39-46)68-57-31-12-10-29-53(57)55-35-33-48(41-60(55)68)47-34-36-59-56(40-47)54-30-11-13-32-58(54)67(59)51-26-8-3-9-27-51/h1-41H. The molecule has 0 atom stereocenters. The molecule has 0 aliphatic rings. The Hall–Kier alpha value is -9.19. The molecule has 0 aliphatic heterocycles. The molecule has 3 aromatic heterocycles. The van der Waals surface area contributed by atoms with E-state index in [0.717, 1.165) is 61.4 Å². The molecule has 0 spiro atoms. The van der Waals surface area contributed by atoms with Gasteiger partial charge in [0.25, 0.3) is 0 Å². The maximum absolute atomic E-state index is 5.15. The van der Waals surface area contributed by atoms with Gasteiger partial charge >= 0.3 is 0 Å². The minimum absolute atomic E-state index is 0.620. The van der Waals surface area contributed by atoms with Crippen LogP contribution in [0.5, 0.6) is 0 Å². The van der Waals surface area contributed by atoms with Crippen LogP contribution in [0.1, 0.15) is 0 Å². The molecule has 5 nitrogen and oxygen atoms in total. The van der Waals surface area contributed by atoms with E-state index in [-0.39, 0.29) is 0 Å². The summed E-state index contributed by atoms with van der Waals surface area (Å²) >= 11 is 0. The maximum Gasteiger partial charge on any atom is 0.164 e. The summed E-state index contributed by atoms with van der Waals surface area (Å²) in [6.45, 7) is 0. The summed E-state index contributed by atoms with van der Waals surface area (Å²) in [5, 5.41) is 4.91. The number of hydrogen-bond donors (Lipinski definition) is 0. The van der Waals surface area contributed by atoms with E-state index < -0.39 is 0 Å². The van der Waals surface area contributed by atoms with Gasteiger partial charge in [0.05, 0.1) is 22.1 Å². The first-order valence-corrected chi connectivity index (χ1v) is 23.0. The summed E-state index contributed by atoms with van der Waals surface area (Å²) in [4.78, 5) is 15.3. The van der Waals surface area contributed by atoms with Crippen molar-refractivity contribution in [3.05, 3.63) is 249 Å². The molecule has 0 bridgehead atoms. The quantitative estimate of drug-likeness (QED) is 0.153. The second-order valence-electron chi connectivity index (χ2n) is 17.3. The van der Waals surface area contributed by atoms with Crippen LogP contribution in [-0.2, 0) is 0 Å². The molecule has 13 rings (SSSR count). The minimum atomic E-state index is 0.620. The van der Waals surface area contributed by atoms with Gasteiger partial charge in [-0.25, -0.2) is 15.0 Å². The van der Waals surface area contributed by atoms with Crippen LogP contribution >= 0.6 is 0 Å². The molecule has 5 heteroatoms. The van der Waals surface area contributed by atoms with Crippen molar-refractivity contribution in [3.63, 3.8) is 0 Å². The second-order valence-corrected chi connectivity index (χ2v) is 17.3. The number of nitrogens with zero attached hydrogens (tertiary/aromatic N) is 5. The fraction of sp³-hybridized carbons (Fsp3) is 0. The first-order valence-electron chi connectivity index (χ1n) is 23.0. The number of fused-ring (bicyclic) bond motifs is 6. The normalized spacial score (nSPS) is 11.5. The Morgan fingerprint density at radius 1 is 0.206 bits per heavy atom. The van der Waals surface area contributed by atoms with Crippen LogP contribution < -0.4 is 0 Å². The van der Waals surface area contributed by atoms with Crippen LogP contribution in [0.2, 0.25) is 0 Å². The van der Waals surface area contributed by atoms with E-state index in [0.29, 0.717) is 17.5 Å². The summed E-state index contributed by atoms with van der Waals surface area (Å²) < 4.78 is 4.78. The zero-order valence-electron chi connectivity index (χ0n) is 36.9. The van der Waals surface area contributed by atoms with Crippen LogP contribution in [0.4, 0.5) is 0 Å². The Bertz CT molecular complexity index is 4020. The maximum atomic E-state index is 5.15. The van der Waals surface area contributed by atoms with Crippen molar-refractivity contribution in [2.24, 2.45) is 0 Å². The van der Waals surface area contributed by atoms with Crippen molar-refractivity contribution >= 4 is 43.6 Å². The Morgan fingerprint density at radius 2 is 0.603 bits per heavy atom. The monoisotopic (exact) mass is 867 g/mol. The molecular formula is C63H41N5. The zero-order valence-corrected chi connectivity index (χ0v) is 36.9. The summed E-state index contributed by atoms with van der Waals surface area (Å²) in [7, 11) is 0. The largest absolute Gasteiger partial charge is 0.309 e. The van der Waals surface area contributed by atoms with Crippen LogP contribution in [0.25, 0.3) is 123 Å². The molecule has 0 N–H and O–H groups in total. The molecular weight excluding hydrogens is 827 g/mol. The van der Waals surface area contributed by atoms with Gasteiger partial charge in [0.1, 0.15) is 0 Å². The minimum Gasteiger partial charge on any atom is -0.309 e. The lowest BCUT2D eigenvalue weighted by atomic mass is 10.0. The number of benzene rings is 10.